The largest absolute Gasteiger partial charge is 0.464 e. The zero-order valence-corrected chi connectivity index (χ0v) is 19.4. The first-order chi connectivity index (χ1) is 15.7. The Morgan fingerprint density at radius 1 is 1.16 bits per heavy atom. The maximum atomic E-state index is 14.2. The second-order valence-electron chi connectivity index (χ2n) is 10.1. The lowest BCUT2D eigenvalue weighted by Crippen LogP contribution is -2.52. The van der Waals surface area contributed by atoms with E-state index in [1.165, 1.54) is 5.56 Å². The predicted molar refractivity (Wildman–Crippen MR) is 128 cm³/mol. The number of unbranched alkanes of at least 4 members (excludes halogenated alkanes) is 2. The highest BCUT2D eigenvalue weighted by Gasteiger charge is 2.68. The maximum Gasteiger partial charge on any atom is 0.231 e. The fourth-order valence-electron chi connectivity index (χ4n) is 6.92. The van der Waals surface area contributed by atoms with Crippen LogP contribution in [0.15, 0.2) is 47.9 Å². The first-order valence-corrected chi connectivity index (χ1v) is 12.8. The van der Waals surface area contributed by atoms with Gasteiger partial charge in [0.15, 0.2) is 0 Å². The van der Waals surface area contributed by atoms with E-state index in [1.54, 1.807) is 0 Å². The van der Waals surface area contributed by atoms with Crippen molar-refractivity contribution in [3.05, 3.63) is 60.6 Å². The van der Waals surface area contributed by atoms with Gasteiger partial charge in [0.1, 0.15) is 11.5 Å². The normalized spacial score (nSPS) is 33.2. The Balaban J connectivity index is 1.55. The first kappa shape index (κ1) is 21.8. The van der Waals surface area contributed by atoms with Crippen LogP contribution in [-0.2, 0) is 11.2 Å². The molecule has 6 rings (SSSR count). The fourth-order valence-corrected chi connectivity index (χ4v) is 6.92. The second kappa shape index (κ2) is 9.05. The Morgan fingerprint density at radius 2 is 2.03 bits per heavy atom. The van der Waals surface area contributed by atoms with Gasteiger partial charge >= 0.3 is 0 Å². The Bertz CT molecular complexity index is 899. The van der Waals surface area contributed by atoms with E-state index in [0.717, 1.165) is 95.4 Å². The van der Waals surface area contributed by atoms with Crippen molar-refractivity contribution in [1.82, 2.24) is 9.80 Å². The SMILES string of the molecule is C=CCCCCN1[C@H]2c3oc4cc3[C@@H]3CCN(CCCC/C=C\CC4)C(=O)[C@]23C[C@@H]1C=C. The number of hydrogen-bond donors (Lipinski definition) is 0. The molecule has 4 nitrogen and oxygen atoms in total. The summed E-state index contributed by atoms with van der Waals surface area (Å²) in [5.41, 5.74) is 0.955. The van der Waals surface area contributed by atoms with Gasteiger partial charge in [0.2, 0.25) is 5.91 Å². The minimum atomic E-state index is -0.374. The molecule has 1 spiro atoms. The monoisotopic (exact) mass is 434 g/mol. The second-order valence-corrected chi connectivity index (χ2v) is 10.1. The van der Waals surface area contributed by atoms with E-state index >= 15 is 0 Å². The summed E-state index contributed by atoms with van der Waals surface area (Å²) < 4.78 is 6.59. The summed E-state index contributed by atoms with van der Waals surface area (Å²) in [5, 5.41) is 0. The van der Waals surface area contributed by atoms with E-state index in [4.69, 9.17) is 4.42 Å². The number of amides is 1. The molecule has 0 saturated carbocycles. The smallest absolute Gasteiger partial charge is 0.231 e. The van der Waals surface area contributed by atoms with Crippen molar-refractivity contribution in [1.29, 1.82) is 0 Å². The van der Waals surface area contributed by atoms with Gasteiger partial charge in [0, 0.05) is 31.5 Å². The number of hydrogen-bond acceptors (Lipinski definition) is 3. The number of allylic oxidation sites excluding steroid dienone is 3. The van der Waals surface area contributed by atoms with E-state index in [9.17, 15) is 4.79 Å². The van der Waals surface area contributed by atoms with Crippen LogP contribution >= 0.6 is 0 Å². The van der Waals surface area contributed by atoms with Gasteiger partial charge in [0.05, 0.1) is 11.5 Å². The average Bonchev–Trinajstić information content (AvgIpc) is 3.41. The quantitative estimate of drug-likeness (QED) is 0.411. The molecular weight excluding hydrogens is 396 g/mol. The molecule has 5 aliphatic rings. The minimum absolute atomic E-state index is 0.0546. The lowest BCUT2D eigenvalue weighted by atomic mass is 9.67. The third-order valence-corrected chi connectivity index (χ3v) is 8.37. The van der Waals surface area contributed by atoms with Crippen molar-refractivity contribution in [3.63, 3.8) is 0 Å². The highest BCUT2D eigenvalue weighted by Crippen LogP contribution is 2.67. The summed E-state index contributed by atoms with van der Waals surface area (Å²) in [4.78, 5) is 18.9. The first-order valence-electron chi connectivity index (χ1n) is 12.8. The lowest BCUT2D eigenvalue weighted by molar-refractivity contribution is -0.149. The van der Waals surface area contributed by atoms with Crippen LogP contribution in [0.3, 0.4) is 0 Å². The molecule has 4 heteroatoms. The molecular formula is C28H38N2O2. The Hall–Kier alpha value is -2.07. The molecule has 1 amide bonds. The molecule has 0 unspecified atom stereocenters. The summed E-state index contributed by atoms with van der Waals surface area (Å²) >= 11 is 0. The number of nitrogens with zero attached hydrogens (tertiary/aromatic N) is 2. The third-order valence-electron chi connectivity index (χ3n) is 8.37. The Kier molecular flexibility index (Phi) is 6.16. The molecule has 5 heterocycles. The topological polar surface area (TPSA) is 36.7 Å². The van der Waals surface area contributed by atoms with Crippen molar-refractivity contribution in [2.24, 2.45) is 5.41 Å². The number of aryl methyl sites for hydroxylation is 1. The van der Waals surface area contributed by atoms with Gasteiger partial charge in [0.25, 0.3) is 0 Å². The predicted octanol–water partition coefficient (Wildman–Crippen LogP) is 5.93. The molecule has 0 N–H and O–H groups in total. The summed E-state index contributed by atoms with van der Waals surface area (Å²) in [5.74, 6) is 2.83. The van der Waals surface area contributed by atoms with Crippen LogP contribution in [0.2, 0.25) is 0 Å². The molecule has 0 aromatic carbocycles. The van der Waals surface area contributed by atoms with Crippen molar-refractivity contribution >= 4 is 5.91 Å². The van der Waals surface area contributed by atoms with Crippen LogP contribution in [0.4, 0.5) is 0 Å². The van der Waals surface area contributed by atoms with Gasteiger partial charge in [-0.05, 0) is 76.0 Å². The summed E-state index contributed by atoms with van der Waals surface area (Å²) in [6.07, 6.45) is 19.2. The van der Waals surface area contributed by atoms with Gasteiger partial charge in [-0.15, -0.1) is 13.2 Å². The van der Waals surface area contributed by atoms with E-state index in [1.807, 2.05) is 6.08 Å². The van der Waals surface area contributed by atoms with Gasteiger partial charge < -0.3 is 9.32 Å². The number of furan rings is 1. The fraction of sp³-hybridized carbons (Fsp3) is 0.607. The maximum absolute atomic E-state index is 14.2. The number of fused-ring (bicyclic) bond motifs is 7. The van der Waals surface area contributed by atoms with E-state index in [0.29, 0.717) is 5.91 Å². The van der Waals surface area contributed by atoms with Crippen LogP contribution in [0.1, 0.15) is 86.8 Å². The lowest BCUT2D eigenvalue weighted by Gasteiger charge is -2.44. The molecule has 1 aromatic rings. The molecule has 2 fully saturated rings. The number of carbonyl (C=O) groups excluding carboxylic acids is 1. The van der Waals surface area contributed by atoms with E-state index < -0.39 is 0 Å². The summed E-state index contributed by atoms with van der Waals surface area (Å²) in [6, 6.07) is 2.59. The number of rotatable bonds is 6. The molecule has 6 bridgehead atoms. The zero-order valence-electron chi connectivity index (χ0n) is 19.4. The zero-order chi connectivity index (χ0) is 22.1. The number of piperidine rings is 1. The van der Waals surface area contributed by atoms with Crippen LogP contribution in [-0.4, -0.2) is 41.4 Å². The van der Waals surface area contributed by atoms with E-state index in [2.05, 4.69) is 47.3 Å². The number of likely N-dealkylation sites (tertiary alicyclic amines) is 1. The van der Waals surface area contributed by atoms with Crippen LogP contribution in [0, 0.1) is 5.41 Å². The van der Waals surface area contributed by atoms with Crippen molar-refractivity contribution < 1.29 is 9.21 Å². The summed E-state index contributed by atoms with van der Waals surface area (Å²) in [6.45, 7) is 10.8. The molecule has 32 heavy (non-hydrogen) atoms. The van der Waals surface area contributed by atoms with Crippen molar-refractivity contribution in [3.8, 4) is 0 Å². The third kappa shape index (κ3) is 3.42. The van der Waals surface area contributed by atoms with Crippen molar-refractivity contribution in [2.45, 2.75) is 82.2 Å². The molecule has 4 aliphatic heterocycles. The molecule has 2 saturated heterocycles. The van der Waals surface area contributed by atoms with Crippen LogP contribution in [0.25, 0.3) is 0 Å². The highest BCUT2D eigenvalue weighted by molar-refractivity contribution is 5.88. The van der Waals surface area contributed by atoms with Crippen LogP contribution in [0.5, 0.6) is 0 Å². The molecule has 0 radical (unpaired) electrons. The highest BCUT2D eigenvalue weighted by atomic mass is 16.3. The molecule has 4 atom stereocenters. The summed E-state index contributed by atoms with van der Waals surface area (Å²) in [7, 11) is 0. The molecule has 172 valence electrons. The van der Waals surface area contributed by atoms with Gasteiger partial charge in [-0.2, -0.15) is 0 Å². The van der Waals surface area contributed by atoms with Gasteiger partial charge in [-0.25, -0.2) is 0 Å². The van der Waals surface area contributed by atoms with Crippen LogP contribution < -0.4 is 0 Å². The minimum Gasteiger partial charge on any atom is -0.464 e. The molecule has 1 aliphatic carbocycles. The number of carbonyl (C=O) groups is 1. The Morgan fingerprint density at radius 3 is 2.88 bits per heavy atom. The Labute approximate surface area is 193 Å². The molecule has 1 aromatic heterocycles. The van der Waals surface area contributed by atoms with E-state index in [-0.39, 0.29) is 23.4 Å². The van der Waals surface area contributed by atoms with Gasteiger partial charge in [-0.3, -0.25) is 9.69 Å². The van der Waals surface area contributed by atoms with Crippen molar-refractivity contribution in [2.75, 3.05) is 19.6 Å². The standard InChI is InChI=1S/C28H38N2O2/c1-3-5-6-13-17-30-21(4-2)20-28-24-15-18-29(27(28)31)16-12-10-8-7-9-11-14-22-19-23(24)25(32-22)26(28)30/h3-4,7,9,19,21,24,26H,1-2,5-6,8,10-18,20H2/b9-7-/t21-,24-,26-,28-/m0/s1. The average molecular weight is 435 g/mol. The van der Waals surface area contributed by atoms with Gasteiger partial charge in [-0.1, -0.05) is 24.3 Å².